The molecule has 2 heterocycles. The summed E-state index contributed by atoms with van der Waals surface area (Å²) in [5.74, 6) is 0.959. The second-order valence-electron chi connectivity index (χ2n) is 5.72. The summed E-state index contributed by atoms with van der Waals surface area (Å²) in [6, 6.07) is 9.43. The van der Waals surface area contributed by atoms with Crippen LogP contribution in [0.1, 0.15) is 22.8 Å². The Balaban J connectivity index is 1.40. The third-order valence-electron chi connectivity index (χ3n) is 3.79. The molecule has 1 aliphatic rings. The van der Waals surface area contributed by atoms with Gasteiger partial charge in [-0.3, -0.25) is 9.69 Å². The van der Waals surface area contributed by atoms with Gasteiger partial charge >= 0.3 is 0 Å². The van der Waals surface area contributed by atoms with Crippen LogP contribution in [-0.2, 0) is 6.54 Å². The summed E-state index contributed by atoms with van der Waals surface area (Å²) < 4.78 is 10.8. The summed E-state index contributed by atoms with van der Waals surface area (Å²) in [7, 11) is 0. The van der Waals surface area contributed by atoms with Crippen LogP contribution in [0.25, 0.3) is 0 Å². The number of aliphatic hydroxyl groups is 1. The highest BCUT2D eigenvalue weighted by molar-refractivity contribution is 5.91. The molecule has 1 aliphatic heterocycles. The summed E-state index contributed by atoms with van der Waals surface area (Å²) in [6.07, 6.45) is 1.83. The zero-order valence-electron chi connectivity index (χ0n) is 13.4. The lowest BCUT2D eigenvalue weighted by atomic mass is 10.3. The molecule has 1 amide bonds. The summed E-state index contributed by atoms with van der Waals surface area (Å²) in [5.41, 5.74) is 0.254. The van der Waals surface area contributed by atoms with Gasteiger partial charge in [0, 0.05) is 13.1 Å². The third-order valence-corrected chi connectivity index (χ3v) is 3.79. The van der Waals surface area contributed by atoms with Gasteiger partial charge in [0.15, 0.2) is 5.69 Å². The normalized spacial score (nSPS) is 17.8. The number of amides is 1. The van der Waals surface area contributed by atoms with Crippen LogP contribution in [0.2, 0.25) is 0 Å². The fourth-order valence-electron chi connectivity index (χ4n) is 2.58. The molecular weight excluding hydrogens is 310 g/mol. The van der Waals surface area contributed by atoms with Crippen LogP contribution in [-0.4, -0.2) is 53.2 Å². The Kier molecular flexibility index (Phi) is 5.45. The average Bonchev–Trinajstić information content (AvgIpc) is 3.22. The predicted molar refractivity (Wildman–Crippen MR) is 86.7 cm³/mol. The Bertz CT molecular complexity index is 659. The van der Waals surface area contributed by atoms with Crippen LogP contribution < -0.4 is 10.1 Å². The molecule has 0 spiro atoms. The number of carbonyl (C=O) groups is 1. The van der Waals surface area contributed by atoms with Gasteiger partial charge in [-0.15, -0.1) is 0 Å². The molecule has 2 aromatic rings. The number of hydrogen-bond acceptors (Lipinski definition) is 6. The first-order valence-corrected chi connectivity index (χ1v) is 8.01. The molecule has 0 bridgehead atoms. The van der Waals surface area contributed by atoms with Gasteiger partial charge in [0.25, 0.3) is 5.91 Å². The molecule has 128 valence electrons. The van der Waals surface area contributed by atoms with Crippen LogP contribution in [0.3, 0.4) is 0 Å². The summed E-state index contributed by atoms with van der Waals surface area (Å²) in [5, 5.41) is 12.2. The molecule has 7 nitrogen and oxygen atoms in total. The highest BCUT2D eigenvalue weighted by Gasteiger charge is 2.22. The largest absolute Gasteiger partial charge is 0.492 e. The van der Waals surface area contributed by atoms with Crippen LogP contribution in [0.5, 0.6) is 5.75 Å². The van der Waals surface area contributed by atoms with Gasteiger partial charge in [0.1, 0.15) is 18.6 Å². The number of nitrogens with one attached hydrogen (secondary N) is 1. The quantitative estimate of drug-likeness (QED) is 0.738. The highest BCUT2D eigenvalue weighted by Crippen LogP contribution is 2.13. The van der Waals surface area contributed by atoms with Gasteiger partial charge in [0.05, 0.1) is 19.2 Å². The minimum absolute atomic E-state index is 0.254. The van der Waals surface area contributed by atoms with Crippen LogP contribution in [0.4, 0.5) is 0 Å². The Hall–Kier alpha value is -2.38. The van der Waals surface area contributed by atoms with Crippen molar-refractivity contribution in [3.8, 4) is 5.75 Å². The lowest BCUT2D eigenvalue weighted by molar-refractivity contribution is 0.0942. The molecule has 24 heavy (non-hydrogen) atoms. The topological polar surface area (TPSA) is 87.8 Å². The maximum atomic E-state index is 12.0. The Morgan fingerprint density at radius 1 is 1.42 bits per heavy atom. The highest BCUT2D eigenvalue weighted by atomic mass is 16.5. The number of nitrogens with zero attached hydrogens (tertiary/aromatic N) is 2. The van der Waals surface area contributed by atoms with Crippen molar-refractivity contribution in [1.82, 2.24) is 15.2 Å². The molecule has 1 aromatic heterocycles. The van der Waals surface area contributed by atoms with Crippen molar-refractivity contribution in [3.63, 3.8) is 0 Å². The number of rotatable bonds is 7. The Morgan fingerprint density at radius 2 is 2.25 bits per heavy atom. The van der Waals surface area contributed by atoms with E-state index < -0.39 is 0 Å². The van der Waals surface area contributed by atoms with Gasteiger partial charge in [-0.1, -0.05) is 18.2 Å². The monoisotopic (exact) mass is 331 g/mol. The molecule has 1 fully saturated rings. The number of likely N-dealkylation sites (tertiary alicyclic amines) is 1. The van der Waals surface area contributed by atoms with Gasteiger partial charge in [-0.25, -0.2) is 4.98 Å². The standard InChI is InChI=1S/C17H21N3O4/c21-13-6-8-20(10-13)11-16-19-15(12-24-16)17(22)18-7-9-23-14-4-2-1-3-5-14/h1-5,12-13,21H,6-11H2,(H,18,22)/t13-/m0/s1. The number of β-amino-alcohol motifs (C(OH)–C–C–N with tert-alkyl or cyclic N) is 1. The van der Waals surface area contributed by atoms with Gasteiger partial charge in [-0.05, 0) is 18.6 Å². The van der Waals surface area contributed by atoms with E-state index in [0.717, 1.165) is 18.7 Å². The SMILES string of the molecule is O=C(NCCOc1ccccc1)c1coc(CN2CC[C@H](O)C2)n1. The fraction of sp³-hybridized carbons (Fsp3) is 0.412. The Labute approximate surface area is 140 Å². The minimum atomic E-state index is -0.289. The Morgan fingerprint density at radius 3 is 3.00 bits per heavy atom. The lowest BCUT2D eigenvalue weighted by Crippen LogP contribution is -2.28. The first-order chi connectivity index (χ1) is 11.7. The fourth-order valence-corrected chi connectivity index (χ4v) is 2.58. The first-order valence-electron chi connectivity index (χ1n) is 8.01. The number of aromatic nitrogens is 1. The molecule has 0 unspecified atom stereocenters. The van der Waals surface area contributed by atoms with Gasteiger partial charge in [0.2, 0.25) is 5.89 Å². The maximum Gasteiger partial charge on any atom is 0.273 e. The molecule has 2 N–H and O–H groups in total. The number of ether oxygens (including phenoxy) is 1. The molecule has 1 aromatic carbocycles. The lowest BCUT2D eigenvalue weighted by Gasteiger charge is -2.11. The van der Waals surface area contributed by atoms with Gasteiger partial charge < -0.3 is 19.6 Å². The van der Waals surface area contributed by atoms with Crippen molar-refractivity contribution in [2.24, 2.45) is 0 Å². The summed E-state index contributed by atoms with van der Waals surface area (Å²) >= 11 is 0. The first kappa shape index (κ1) is 16.5. The van der Waals surface area contributed by atoms with Crippen molar-refractivity contribution >= 4 is 5.91 Å². The molecule has 1 atom stereocenters. The maximum absolute atomic E-state index is 12.0. The molecular formula is C17H21N3O4. The predicted octanol–water partition coefficient (Wildman–Crippen LogP) is 1.05. The van der Waals surface area contributed by atoms with Crippen LogP contribution in [0, 0.1) is 0 Å². The van der Waals surface area contributed by atoms with E-state index in [4.69, 9.17) is 9.15 Å². The molecule has 0 aliphatic carbocycles. The minimum Gasteiger partial charge on any atom is -0.492 e. The van der Waals surface area contributed by atoms with E-state index in [1.807, 2.05) is 35.2 Å². The van der Waals surface area contributed by atoms with E-state index in [1.165, 1.54) is 6.26 Å². The van der Waals surface area contributed by atoms with Crippen molar-refractivity contribution in [2.45, 2.75) is 19.1 Å². The van der Waals surface area contributed by atoms with Crippen LogP contribution in [0.15, 0.2) is 41.0 Å². The second-order valence-corrected chi connectivity index (χ2v) is 5.72. The number of para-hydroxylation sites is 1. The van der Waals surface area contributed by atoms with Gasteiger partial charge in [-0.2, -0.15) is 0 Å². The smallest absolute Gasteiger partial charge is 0.273 e. The number of aliphatic hydroxyl groups excluding tert-OH is 1. The second kappa shape index (κ2) is 7.94. The van der Waals surface area contributed by atoms with E-state index in [0.29, 0.717) is 32.1 Å². The van der Waals surface area contributed by atoms with E-state index in [9.17, 15) is 9.90 Å². The van der Waals surface area contributed by atoms with E-state index >= 15 is 0 Å². The number of oxazole rings is 1. The van der Waals surface area contributed by atoms with E-state index in [2.05, 4.69) is 10.3 Å². The van der Waals surface area contributed by atoms with E-state index in [-0.39, 0.29) is 17.7 Å². The van der Waals surface area contributed by atoms with Crippen molar-refractivity contribution in [2.75, 3.05) is 26.2 Å². The summed E-state index contributed by atoms with van der Waals surface area (Å²) in [6.45, 7) is 2.68. The third kappa shape index (κ3) is 4.56. The molecule has 7 heteroatoms. The molecule has 0 radical (unpaired) electrons. The molecule has 0 saturated carbocycles. The van der Waals surface area contributed by atoms with E-state index in [1.54, 1.807) is 0 Å². The molecule has 1 saturated heterocycles. The molecule has 3 rings (SSSR count). The van der Waals surface area contributed by atoms with Crippen molar-refractivity contribution in [3.05, 3.63) is 48.2 Å². The zero-order valence-corrected chi connectivity index (χ0v) is 13.4. The van der Waals surface area contributed by atoms with Crippen molar-refractivity contribution in [1.29, 1.82) is 0 Å². The van der Waals surface area contributed by atoms with Crippen molar-refractivity contribution < 1.29 is 19.1 Å². The number of carbonyl (C=O) groups excluding carboxylic acids is 1. The van der Waals surface area contributed by atoms with Crippen LogP contribution >= 0.6 is 0 Å². The summed E-state index contributed by atoms with van der Waals surface area (Å²) in [4.78, 5) is 18.3. The number of benzene rings is 1. The number of hydrogen-bond donors (Lipinski definition) is 2. The average molecular weight is 331 g/mol. The zero-order chi connectivity index (χ0) is 16.8.